The summed E-state index contributed by atoms with van der Waals surface area (Å²) in [7, 11) is -4.05. The van der Waals surface area contributed by atoms with Crippen LogP contribution in [0.4, 0.5) is 13.2 Å². The normalized spacial score (nSPS) is 12.8. The molecule has 0 aromatic heterocycles. The van der Waals surface area contributed by atoms with Gasteiger partial charge in [0.2, 0.25) is 5.78 Å². The first kappa shape index (κ1) is 17.1. The minimum atomic E-state index is -4.73. The lowest BCUT2D eigenvalue weighted by atomic mass is 10.2. The topological polar surface area (TPSA) is 112 Å². The molecule has 1 aromatic carbocycles. The third-order valence-electron chi connectivity index (χ3n) is 2.32. The van der Waals surface area contributed by atoms with E-state index in [0.29, 0.717) is 12.1 Å². The summed E-state index contributed by atoms with van der Waals surface area (Å²) >= 11 is 0. The number of hydrogen-bond donors (Lipinski definition) is 3. The van der Waals surface area contributed by atoms with Crippen LogP contribution in [0, 0.1) is 0 Å². The van der Waals surface area contributed by atoms with Crippen LogP contribution in [0.5, 0.6) is 0 Å². The van der Waals surface area contributed by atoms with Crippen LogP contribution in [0.15, 0.2) is 29.2 Å². The van der Waals surface area contributed by atoms with E-state index in [4.69, 9.17) is 5.11 Å². The van der Waals surface area contributed by atoms with Gasteiger partial charge in [-0.2, -0.15) is 23.8 Å². The Morgan fingerprint density at radius 1 is 1.14 bits per heavy atom. The smallest absolute Gasteiger partial charge is 0.416 e. The Morgan fingerprint density at radius 2 is 1.71 bits per heavy atom. The van der Waals surface area contributed by atoms with Gasteiger partial charge in [-0.15, -0.1) is 0 Å². The molecule has 0 atom stereocenters. The first-order valence-electron chi connectivity index (χ1n) is 5.19. The molecule has 6 nitrogen and oxygen atoms in total. The zero-order valence-corrected chi connectivity index (χ0v) is 10.9. The number of benzene rings is 1. The van der Waals surface area contributed by atoms with Crippen molar-refractivity contribution >= 4 is 28.1 Å². The van der Waals surface area contributed by atoms with E-state index in [-0.39, 0.29) is 0 Å². The van der Waals surface area contributed by atoms with E-state index in [1.807, 2.05) is 0 Å². The molecule has 0 saturated carbocycles. The predicted molar refractivity (Wildman–Crippen MR) is 65.1 cm³/mol. The lowest BCUT2D eigenvalue weighted by Gasteiger charge is -2.31. The number of carbonyl (C=O) groups excluding carboxylic acids is 2. The van der Waals surface area contributed by atoms with Gasteiger partial charge >= 0.3 is 17.9 Å². The molecule has 0 unspecified atom stereocenters. The second-order valence-corrected chi connectivity index (χ2v) is 5.99. The number of ketones is 2. The third-order valence-corrected chi connectivity index (χ3v) is 3.99. The van der Waals surface area contributed by atoms with Crippen LogP contribution in [0.1, 0.15) is 5.56 Å². The molecule has 0 heterocycles. The summed E-state index contributed by atoms with van der Waals surface area (Å²) in [5, 5.41) is 8.30. The fraction of sp³-hybridized carbons (Fsp3) is 0.182. The Labute approximate surface area is 117 Å². The maximum Gasteiger partial charge on any atom is 0.416 e. The number of aliphatic carboxylic acids is 1. The number of hydrogen-bond acceptors (Lipinski definition) is 5. The number of rotatable bonds is 5. The molecule has 21 heavy (non-hydrogen) atoms. The first-order chi connectivity index (χ1) is 9.45. The SMILES string of the molecule is O=C(O)C(=O)C(=O)CS(O)(O)c1cccc(C(F)(F)F)c1. The standard InChI is InChI=1S/C11H9F3O6S/c12-11(13,14)6-2-1-3-7(4-6)21(19,20)5-8(15)9(16)10(17)18/h1-4,19-20H,5H2,(H,17,18). The maximum absolute atomic E-state index is 12.5. The second kappa shape index (κ2) is 5.84. The van der Waals surface area contributed by atoms with E-state index >= 15 is 0 Å². The van der Waals surface area contributed by atoms with Crippen LogP contribution in [-0.2, 0) is 20.6 Å². The molecule has 0 amide bonds. The molecular formula is C11H9F3O6S. The Morgan fingerprint density at radius 3 is 2.19 bits per heavy atom. The zero-order valence-electron chi connectivity index (χ0n) is 10.1. The summed E-state index contributed by atoms with van der Waals surface area (Å²) in [4.78, 5) is 31.7. The Hall–Kier alpha value is -1.91. The first-order valence-corrected chi connectivity index (χ1v) is 6.90. The van der Waals surface area contributed by atoms with Crippen LogP contribution >= 0.6 is 10.6 Å². The molecule has 0 saturated heterocycles. The summed E-state index contributed by atoms with van der Waals surface area (Å²) in [6.07, 6.45) is -4.73. The number of carbonyl (C=O) groups is 3. The fourth-order valence-electron chi connectivity index (χ4n) is 1.33. The third kappa shape index (κ3) is 4.28. The summed E-state index contributed by atoms with van der Waals surface area (Å²) in [5.74, 6) is -6.86. The lowest BCUT2D eigenvalue weighted by Crippen LogP contribution is -2.28. The number of halogens is 3. The van der Waals surface area contributed by atoms with E-state index < -0.39 is 50.5 Å². The minimum absolute atomic E-state index is 0.424. The molecule has 0 fully saturated rings. The average Bonchev–Trinajstić information content (AvgIpc) is 2.36. The second-order valence-electron chi connectivity index (χ2n) is 3.89. The highest BCUT2D eigenvalue weighted by atomic mass is 32.3. The average molecular weight is 326 g/mol. The van der Waals surface area contributed by atoms with Crippen molar-refractivity contribution in [2.75, 3.05) is 5.75 Å². The molecule has 10 heteroatoms. The highest BCUT2D eigenvalue weighted by molar-refractivity contribution is 8.25. The van der Waals surface area contributed by atoms with Gasteiger partial charge in [-0.3, -0.25) is 18.7 Å². The number of carboxylic acids is 1. The molecule has 116 valence electrons. The summed E-state index contributed by atoms with van der Waals surface area (Å²) in [6, 6.07) is 2.94. The van der Waals surface area contributed by atoms with E-state index in [0.717, 1.165) is 12.1 Å². The molecule has 0 aliphatic heterocycles. The molecule has 0 bridgehead atoms. The summed E-state index contributed by atoms with van der Waals surface area (Å²) < 4.78 is 56.9. The fourth-order valence-corrected chi connectivity index (χ4v) is 2.60. The molecule has 1 rings (SSSR count). The van der Waals surface area contributed by atoms with Gasteiger partial charge in [-0.05, 0) is 18.2 Å². The van der Waals surface area contributed by atoms with Gasteiger partial charge in [0, 0.05) is 0 Å². The molecule has 0 radical (unpaired) electrons. The van der Waals surface area contributed by atoms with Crippen LogP contribution in [-0.4, -0.2) is 37.5 Å². The van der Waals surface area contributed by atoms with Gasteiger partial charge in [0.05, 0.1) is 10.5 Å². The summed E-state index contributed by atoms with van der Waals surface area (Å²) in [6.45, 7) is 0. The monoisotopic (exact) mass is 326 g/mol. The largest absolute Gasteiger partial charge is 0.475 e. The highest BCUT2D eigenvalue weighted by Gasteiger charge is 2.33. The van der Waals surface area contributed by atoms with Crippen LogP contribution in [0.3, 0.4) is 0 Å². The molecule has 0 aliphatic carbocycles. The van der Waals surface area contributed by atoms with Crippen LogP contribution in [0.2, 0.25) is 0 Å². The molecular weight excluding hydrogens is 317 g/mol. The Kier molecular flexibility index (Phi) is 4.76. The summed E-state index contributed by atoms with van der Waals surface area (Å²) in [5.41, 5.74) is -1.17. The van der Waals surface area contributed by atoms with Gasteiger partial charge in [-0.1, -0.05) is 6.07 Å². The lowest BCUT2D eigenvalue weighted by molar-refractivity contribution is -0.152. The molecule has 0 aliphatic rings. The predicted octanol–water partition coefficient (Wildman–Crippen LogP) is 2.04. The zero-order chi connectivity index (χ0) is 16.4. The Balaban J connectivity index is 3.06. The Bertz CT molecular complexity index is 596. The minimum Gasteiger partial charge on any atom is -0.475 e. The molecule has 3 N–H and O–H groups in total. The van der Waals surface area contributed by atoms with Crippen molar-refractivity contribution in [1.29, 1.82) is 0 Å². The maximum atomic E-state index is 12.5. The van der Waals surface area contributed by atoms with Gasteiger partial charge in [-0.25, -0.2) is 4.79 Å². The van der Waals surface area contributed by atoms with Gasteiger partial charge < -0.3 is 5.11 Å². The van der Waals surface area contributed by atoms with Crippen molar-refractivity contribution in [3.63, 3.8) is 0 Å². The van der Waals surface area contributed by atoms with Crippen LogP contribution < -0.4 is 0 Å². The van der Waals surface area contributed by atoms with E-state index in [9.17, 15) is 36.7 Å². The van der Waals surface area contributed by atoms with Gasteiger partial charge in [0.1, 0.15) is 5.75 Å². The van der Waals surface area contributed by atoms with Crippen LogP contribution in [0.25, 0.3) is 0 Å². The number of carboxylic acid groups (broad SMARTS) is 1. The van der Waals surface area contributed by atoms with Gasteiger partial charge in [0.25, 0.3) is 0 Å². The van der Waals surface area contributed by atoms with Gasteiger partial charge in [0.15, 0.2) is 0 Å². The van der Waals surface area contributed by atoms with E-state index in [1.54, 1.807) is 0 Å². The van der Waals surface area contributed by atoms with Crippen molar-refractivity contribution in [1.82, 2.24) is 0 Å². The highest BCUT2D eigenvalue weighted by Crippen LogP contribution is 2.49. The van der Waals surface area contributed by atoms with Crippen molar-refractivity contribution in [2.45, 2.75) is 11.1 Å². The number of alkyl halides is 3. The van der Waals surface area contributed by atoms with Crippen molar-refractivity contribution in [2.24, 2.45) is 0 Å². The van der Waals surface area contributed by atoms with Crippen molar-refractivity contribution < 1.29 is 41.8 Å². The van der Waals surface area contributed by atoms with E-state index in [1.165, 1.54) is 0 Å². The van der Waals surface area contributed by atoms with Crippen molar-refractivity contribution in [3.8, 4) is 0 Å². The van der Waals surface area contributed by atoms with Crippen molar-refractivity contribution in [3.05, 3.63) is 29.8 Å². The number of Topliss-reactive ketones (excluding diaryl/α,β-unsaturated/α-hetero) is 2. The molecule has 1 aromatic rings. The molecule has 0 spiro atoms. The quantitative estimate of drug-likeness (QED) is 0.564. The van der Waals surface area contributed by atoms with E-state index in [2.05, 4.69) is 0 Å².